The van der Waals surface area contributed by atoms with E-state index in [1.165, 1.54) is 0 Å². The lowest BCUT2D eigenvalue weighted by Crippen LogP contribution is -2.21. The van der Waals surface area contributed by atoms with Crippen LogP contribution in [0, 0.1) is 0 Å². The Labute approximate surface area is 133 Å². The van der Waals surface area contributed by atoms with E-state index in [9.17, 15) is 0 Å². The van der Waals surface area contributed by atoms with E-state index in [1.54, 1.807) is 18.0 Å². The normalized spacial score (nSPS) is 12.4. The summed E-state index contributed by atoms with van der Waals surface area (Å²) >= 11 is 13.5. The van der Waals surface area contributed by atoms with Crippen LogP contribution in [0.25, 0.3) is 0 Å². The van der Waals surface area contributed by atoms with Gasteiger partial charge in [-0.1, -0.05) is 41.9 Å². The molecule has 1 aromatic carbocycles. The molecule has 0 spiro atoms. The molecule has 0 radical (unpaired) electrons. The molecule has 0 saturated carbocycles. The Morgan fingerprint density at radius 1 is 1.20 bits per heavy atom. The van der Waals surface area contributed by atoms with Crippen molar-refractivity contribution in [2.24, 2.45) is 5.73 Å². The van der Waals surface area contributed by atoms with Crippen LogP contribution in [0.1, 0.15) is 18.9 Å². The standard InChI is InChI=1S/C15H16Cl2N2S/c1-2-13(18)8-10-7-11(16)3-5-14(10)20-15-6-4-12(17)9-19-15/h3-7,9,13H,2,8,18H2,1H3. The van der Waals surface area contributed by atoms with Gasteiger partial charge in [0.1, 0.15) is 5.03 Å². The molecule has 1 aromatic heterocycles. The van der Waals surface area contributed by atoms with Crippen molar-refractivity contribution in [2.75, 3.05) is 0 Å². The molecule has 106 valence electrons. The van der Waals surface area contributed by atoms with E-state index < -0.39 is 0 Å². The summed E-state index contributed by atoms with van der Waals surface area (Å²) in [6, 6.07) is 9.78. The number of halogens is 2. The number of benzene rings is 1. The van der Waals surface area contributed by atoms with E-state index in [2.05, 4.69) is 11.9 Å². The first kappa shape index (κ1) is 15.6. The average molecular weight is 327 g/mol. The third-order valence-electron chi connectivity index (χ3n) is 2.94. The number of nitrogens with two attached hydrogens (primary N) is 1. The van der Waals surface area contributed by atoms with E-state index in [4.69, 9.17) is 28.9 Å². The maximum Gasteiger partial charge on any atom is 0.101 e. The molecule has 2 rings (SSSR count). The van der Waals surface area contributed by atoms with E-state index >= 15 is 0 Å². The maximum absolute atomic E-state index is 6.08. The van der Waals surface area contributed by atoms with Crippen molar-refractivity contribution < 1.29 is 0 Å². The number of pyridine rings is 1. The average Bonchev–Trinajstić information content (AvgIpc) is 2.44. The molecule has 2 N–H and O–H groups in total. The highest BCUT2D eigenvalue weighted by Gasteiger charge is 2.10. The van der Waals surface area contributed by atoms with Crippen molar-refractivity contribution in [3.63, 3.8) is 0 Å². The van der Waals surface area contributed by atoms with Crippen molar-refractivity contribution in [2.45, 2.75) is 35.7 Å². The van der Waals surface area contributed by atoms with Crippen LogP contribution in [0.3, 0.4) is 0 Å². The summed E-state index contributed by atoms with van der Waals surface area (Å²) in [5, 5.41) is 2.28. The first-order chi connectivity index (χ1) is 9.58. The lowest BCUT2D eigenvalue weighted by molar-refractivity contribution is 0.641. The molecular formula is C15H16Cl2N2S. The minimum atomic E-state index is 0.144. The number of hydrogen-bond acceptors (Lipinski definition) is 3. The van der Waals surface area contributed by atoms with Gasteiger partial charge in [-0.15, -0.1) is 0 Å². The summed E-state index contributed by atoms with van der Waals surface area (Å²) in [4.78, 5) is 5.44. The summed E-state index contributed by atoms with van der Waals surface area (Å²) in [7, 11) is 0. The molecule has 0 saturated heterocycles. The van der Waals surface area contributed by atoms with E-state index in [0.29, 0.717) is 5.02 Å². The second-order valence-electron chi connectivity index (χ2n) is 4.54. The number of rotatable bonds is 5. The Bertz CT molecular complexity index is 573. The fourth-order valence-electron chi connectivity index (χ4n) is 1.77. The molecule has 0 bridgehead atoms. The Balaban J connectivity index is 2.23. The molecule has 2 aromatic rings. The van der Waals surface area contributed by atoms with Gasteiger partial charge >= 0.3 is 0 Å². The Hall–Kier alpha value is -0.740. The molecule has 5 heteroatoms. The molecule has 0 aliphatic rings. The van der Waals surface area contributed by atoms with Gasteiger partial charge in [-0.05, 0) is 48.7 Å². The largest absolute Gasteiger partial charge is 0.327 e. The van der Waals surface area contributed by atoms with Crippen LogP contribution in [0.15, 0.2) is 46.5 Å². The molecule has 1 atom stereocenters. The van der Waals surface area contributed by atoms with Gasteiger partial charge in [-0.2, -0.15) is 0 Å². The molecule has 1 unspecified atom stereocenters. The third kappa shape index (κ3) is 4.38. The molecule has 0 aliphatic carbocycles. The van der Waals surface area contributed by atoms with Crippen LogP contribution >= 0.6 is 35.0 Å². The van der Waals surface area contributed by atoms with E-state index in [1.807, 2.05) is 30.3 Å². The summed E-state index contributed by atoms with van der Waals surface area (Å²) < 4.78 is 0. The zero-order valence-electron chi connectivity index (χ0n) is 11.1. The highest BCUT2D eigenvalue weighted by molar-refractivity contribution is 7.99. The molecule has 0 fully saturated rings. The summed E-state index contributed by atoms with van der Waals surface area (Å²) in [6.45, 7) is 2.09. The molecule has 2 nitrogen and oxygen atoms in total. The first-order valence-electron chi connectivity index (χ1n) is 6.42. The topological polar surface area (TPSA) is 38.9 Å². The zero-order chi connectivity index (χ0) is 14.5. The molecule has 1 heterocycles. The van der Waals surface area contributed by atoms with Crippen molar-refractivity contribution in [1.82, 2.24) is 4.98 Å². The Morgan fingerprint density at radius 3 is 2.60 bits per heavy atom. The number of aromatic nitrogens is 1. The van der Waals surface area contributed by atoms with Crippen molar-refractivity contribution in [3.05, 3.63) is 52.1 Å². The van der Waals surface area contributed by atoms with E-state index in [0.717, 1.165) is 33.3 Å². The quantitative estimate of drug-likeness (QED) is 0.856. The van der Waals surface area contributed by atoms with Crippen LogP contribution in [0.5, 0.6) is 0 Å². The zero-order valence-corrected chi connectivity index (χ0v) is 13.5. The smallest absolute Gasteiger partial charge is 0.101 e. The van der Waals surface area contributed by atoms with Crippen molar-refractivity contribution in [1.29, 1.82) is 0 Å². The highest BCUT2D eigenvalue weighted by atomic mass is 35.5. The van der Waals surface area contributed by atoms with E-state index in [-0.39, 0.29) is 6.04 Å². The van der Waals surface area contributed by atoms with Crippen LogP contribution in [0.4, 0.5) is 0 Å². The van der Waals surface area contributed by atoms with Gasteiger partial charge in [0, 0.05) is 22.2 Å². The van der Waals surface area contributed by atoms with Gasteiger partial charge in [0.15, 0.2) is 0 Å². The van der Waals surface area contributed by atoms with Crippen molar-refractivity contribution >= 4 is 35.0 Å². The van der Waals surface area contributed by atoms with Crippen LogP contribution in [-0.4, -0.2) is 11.0 Å². The van der Waals surface area contributed by atoms with Gasteiger partial charge in [0.05, 0.1) is 5.02 Å². The molecular weight excluding hydrogens is 311 g/mol. The Morgan fingerprint density at radius 2 is 1.95 bits per heavy atom. The number of hydrogen-bond donors (Lipinski definition) is 1. The predicted molar refractivity (Wildman–Crippen MR) is 86.8 cm³/mol. The van der Waals surface area contributed by atoms with Crippen LogP contribution in [0.2, 0.25) is 10.0 Å². The summed E-state index contributed by atoms with van der Waals surface area (Å²) in [5.41, 5.74) is 7.21. The second kappa shape index (κ2) is 7.32. The maximum atomic E-state index is 6.08. The Kier molecular flexibility index (Phi) is 5.73. The van der Waals surface area contributed by atoms with Crippen LogP contribution in [-0.2, 0) is 6.42 Å². The fourth-order valence-corrected chi connectivity index (χ4v) is 2.95. The summed E-state index contributed by atoms with van der Waals surface area (Å²) in [5.74, 6) is 0. The molecule has 0 aliphatic heterocycles. The van der Waals surface area contributed by atoms with Crippen LogP contribution < -0.4 is 5.73 Å². The molecule has 0 amide bonds. The molecule has 20 heavy (non-hydrogen) atoms. The van der Waals surface area contributed by atoms with Gasteiger partial charge in [-0.3, -0.25) is 0 Å². The summed E-state index contributed by atoms with van der Waals surface area (Å²) in [6.07, 6.45) is 3.40. The predicted octanol–water partition coefficient (Wildman–Crippen LogP) is 4.82. The monoisotopic (exact) mass is 326 g/mol. The van der Waals surface area contributed by atoms with Gasteiger partial charge in [0.2, 0.25) is 0 Å². The number of nitrogens with zero attached hydrogens (tertiary/aromatic N) is 1. The van der Waals surface area contributed by atoms with Crippen molar-refractivity contribution in [3.8, 4) is 0 Å². The lowest BCUT2D eigenvalue weighted by Gasteiger charge is -2.13. The second-order valence-corrected chi connectivity index (χ2v) is 6.48. The minimum absolute atomic E-state index is 0.144. The highest BCUT2D eigenvalue weighted by Crippen LogP contribution is 2.32. The SMILES string of the molecule is CCC(N)Cc1cc(Cl)ccc1Sc1ccc(Cl)cn1. The van der Waals surface area contributed by atoms with Gasteiger partial charge < -0.3 is 5.73 Å². The fraction of sp³-hybridized carbons (Fsp3) is 0.267. The first-order valence-corrected chi connectivity index (χ1v) is 7.99. The third-order valence-corrected chi connectivity index (χ3v) is 4.47. The van der Waals surface area contributed by atoms with Gasteiger partial charge in [-0.25, -0.2) is 4.98 Å². The minimum Gasteiger partial charge on any atom is -0.327 e. The lowest BCUT2D eigenvalue weighted by atomic mass is 10.0. The van der Waals surface area contributed by atoms with Gasteiger partial charge in [0.25, 0.3) is 0 Å².